The number of cyclic esters (lactones) is 1. The van der Waals surface area contributed by atoms with Crippen LogP contribution < -0.4 is 0 Å². The van der Waals surface area contributed by atoms with Gasteiger partial charge < -0.3 is 9.15 Å². The van der Waals surface area contributed by atoms with Crippen molar-refractivity contribution in [3.63, 3.8) is 0 Å². The molecule has 0 spiro atoms. The van der Waals surface area contributed by atoms with E-state index in [-0.39, 0.29) is 5.70 Å². The van der Waals surface area contributed by atoms with Crippen LogP contribution in [-0.4, -0.2) is 11.9 Å². The van der Waals surface area contributed by atoms with E-state index in [1.54, 1.807) is 12.1 Å². The molecule has 2 heterocycles. The lowest BCUT2D eigenvalue weighted by Gasteiger charge is -2.06. The van der Waals surface area contributed by atoms with Crippen LogP contribution in [0.4, 0.5) is 0 Å². The summed E-state index contributed by atoms with van der Waals surface area (Å²) in [6, 6.07) is 20.4. The number of aliphatic imine (C=N–C) groups is 1. The molecule has 0 aliphatic carbocycles. The van der Waals surface area contributed by atoms with E-state index in [2.05, 4.69) is 36.2 Å². The quantitative estimate of drug-likeness (QED) is 0.186. The first-order valence-corrected chi connectivity index (χ1v) is 11.9. The van der Waals surface area contributed by atoms with Crippen molar-refractivity contribution in [3.8, 4) is 11.1 Å². The van der Waals surface area contributed by atoms with Gasteiger partial charge in [0, 0.05) is 11.6 Å². The van der Waals surface area contributed by atoms with Gasteiger partial charge in [0.15, 0.2) is 5.70 Å². The molecule has 0 fully saturated rings. The Balaban J connectivity index is 1.37. The van der Waals surface area contributed by atoms with E-state index >= 15 is 0 Å². The van der Waals surface area contributed by atoms with E-state index in [1.807, 2.05) is 37.3 Å². The molecule has 0 unspecified atom stereocenters. The number of unbranched alkanes of at least 4 members (excludes halogenated alkanes) is 5. The molecule has 0 atom stereocenters. The number of carbonyl (C=O) groups is 1. The molecule has 0 N–H and O–H groups in total. The number of ether oxygens (including phenoxy) is 1. The Morgan fingerprint density at radius 2 is 1.42 bits per heavy atom. The third kappa shape index (κ3) is 6.10. The van der Waals surface area contributed by atoms with Crippen molar-refractivity contribution in [1.29, 1.82) is 0 Å². The molecule has 0 saturated heterocycles. The molecule has 170 valence electrons. The van der Waals surface area contributed by atoms with Crippen molar-refractivity contribution in [2.75, 3.05) is 0 Å². The smallest absolute Gasteiger partial charge is 0.363 e. The van der Waals surface area contributed by atoms with Gasteiger partial charge in [-0.15, -0.1) is 0 Å². The van der Waals surface area contributed by atoms with Gasteiger partial charge in [-0.2, -0.15) is 0 Å². The minimum Gasteiger partial charge on any atom is -0.462 e. The zero-order valence-electron chi connectivity index (χ0n) is 19.5. The first-order chi connectivity index (χ1) is 16.1. The lowest BCUT2D eigenvalue weighted by Crippen LogP contribution is -2.05. The molecule has 0 bridgehead atoms. The summed E-state index contributed by atoms with van der Waals surface area (Å²) in [6.45, 7) is 4.11. The largest absolute Gasteiger partial charge is 0.462 e. The second-order valence-electron chi connectivity index (χ2n) is 8.58. The molecule has 0 saturated carbocycles. The van der Waals surface area contributed by atoms with Crippen LogP contribution in [0.15, 0.2) is 75.8 Å². The number of hydrogen-bond donors (Lipinski definition) is 0. The second-order valence-corrected chi connectivity index (χ2v) is 8.58. The zero-order valence-corrected chi connectivity index (χ0v) is 19.5. The summed E-state index contributed by atoms with van der Waals surface area (Å²) in [5.41, 5.74) is 4.70. The Kier molecular flexibility index (Phi) is 7.56. The predicted octanol–water partition coefficient (Wildman–Crippen LogP) is 7.50. The molecule has 1 aromatic heterocycles. The van der Waals surface area contributed by atoms with Crippen LogP contribution in [0.2, 0.25) is 0 Å². The fourth-order valence-corrected chi connectivity index (χ4v) is 3.98. The molecule has 3 aromatic rings. The van der Waals surface area contributed by atoms with Crippen molar-refractivity contribution in [2.45, 2.75) is 58.8 Å². The maximum atomic E-state index is 12.2. The minimum atomic E-state index is -0.468. The number of rotatable bonds is 10. The Labute approximate surface area is 196 Å². The molecule has 4 heteroatoms. The molecule has 1 aliphatic rings. The van der Waals surface area contributed by atoms with Gasteiger partial charge in [-0.1, -0.05) is 75.4 Å². The lowest BCUT2D eigenvalue weighted by atomic mass is 10.00. The summed E-state index contributed by atoms with van der Waals surface area (Å²) < 4.78 is 10.9. The SMILES string of the molecule is CCCCCCCCc1ccc(-c2ccc(C3=NC(=Cc4ccc(C)o4)C(=O)O3)cc2)cc1. The van der Waals surface area contributed by atoms with Gasteiger partial charge in [-0.05, 0) is 60.7 Å². The van der Waals surface area contributed by atoms with Gasteiger partial charge in [-0.25, -0.2) is 9.79 Å². The number of nitrogens with zero attached hydrogens (tertiary/aromatic N) is 1. The standard InChI is InChI=1S/C29H31NO3/c1-3-4-5-6-7-8-9-22-11-13-23(14-12-22)24-15-17-25(18-16-24)28-30-27(29(31)33-28)20-26-19-10-21(2)32-26/h10-20H,3-9H2,1-2H3. The molecule has 33 heavy (non-hydrogen) atoms. The average Bonchev–Trinajstić information content (AvgIpc) is 3.42. The van der Waals surface area contributed by atoms with E-state index in [0.717, 1.165) is 23.3 Å². The Morgan fingerprint density at radius 1 is 0.788 bits per heavy atom. The molecule has 2 aromatic carbocycles. The molecule has 0 radical (unpaired) electrons. The number of esters is 1. The van der Waals surface area contributed by atoms with Gasteiger partial charge in [-0.3, -0.25) is 0 Å². The van der Waals surface area contributed by atoms with Gasteiger partial charge in [0.05, 0.1) is 0 Å². The fourth-order valence-electron chi connectivity index (χ4n) is 3.98. The number of benzene rings is 2. The molecule has 4 nitrogen and oxygen atoms in total. The fraction of sp³-hybridized carbons (Fsp3) is 0.310. The van der Waals surface area contributed by atoms with Crippen LogP contribution in [0.3, 0.4) is 0 Å². The average molecular weight is 442 g/mol. The summed E-state index contributed by atoms with van der Waals surface area (Å²) in [6.07, 6.45) is 10.7. The maximum absolute atomic E-state index is 12.2. The highest BCUT2D eigenvalue weighted by atomic mass is 16.6. The van der Waals surface area contributed by atoms with E-state index in [4.69, 9.17) is 9.15 Å². The monoisotopic (exact) mass is 441 g/mol. The van der Waals surface area contributed by atoms with Crippen LogP contribution >= 0.6 is 0 Å². The first kappa shape index (κ1) is 22.8. The summed E-state index contributed by atoms with van der Waals surface area (Å²) >= 11 is 0. The Bertz CT molecular complexity index is 1130. The van der Waals surface area contributed by atoms with Gasteiger partial charge in [0.25, 0.3) is 0 Å². The van der Waals surface area contributed by atoms with Crippen LogP contribution in [0.5, 0.6) is 0 Å². The Morgan fingerprint density at radius 3 is 2.09 bits per heavy atom. The lowest BCUT2D eigenvalue weighted by molar-refractivity contribution is -0.129. The van der Waals surface area contributed by atoms with Crippen molar-refractivity contribution in [3.05, 3.63) is 89.0 Å². The highest BCUT2D eigenvalue weighted by molar-refractivity contribution is 6.12. The van der Waals surface area contributed by atoms with E-state index in [0.29, 0.717) is 11.7 Å². The summed E-state index contributed by atoms with van der Waals surface area (Å²) in [5.74, 6) is 1.21. The summed E-state index contributed by atoms with van der Waals surface area (Å²) in [4.78, 5) is 16.5. The van der Waals surface area contributed by atoms with Gasteiger partial charge in [0.2, 0.25) is 5.90 Å². The summed E-state index contributed by atoms with van der Waals surface area (Å²) in [5, 5.41) is 0. The van der Waals surface area contributed by atoms with E-state index in [9.17, 15) is 4.79 Å². The normalized spacial score (nSPS) is 14.5. The number of furan rings is 1. The zero-order chi connectivity index (χ0) is 23.0. The third-order valence-corrected chi connectivity index (χ3v) is 5.90. The van der Waals surface area contributed by atoms with Crippen molar-refractivity contribution >= 4 is 17.9 Å². The topological polar surface area (TPSA) is 51.8 Å². The Hall–Kier alpha value is -3.40. The van der Waals surface area contributed by atoms with E-state index < -0.39 is 5.97 Å². The minimum absolute atomic E-state index is 0.240. The molecular weight excluding hydrogens is 410 g/mol. The van der Waals surface area contributed by atoms with Gasteiger partial charge >= 0.3 is 5.97 Å². The molecular formula is C29H31NO3. The molecule has 4 rings (SSSR count). The highest BCUT2D eigenvalue weighted by Gasteiger charge is 2.24. The van der Waals surface area contributed by atoms with Crippen LogP contribution in [0.25, 0.3) is 17.2 Å². The molecule has 1 aliphatic heterocycles. The summed E-state index contributed by atoms with van der Waals surface area (Å²) in [7, 11) is 0. The third-order valence-electron chi connectivity index (χ3n) is 5.90. The van der Waals surface area contributed by atoms with Gasteiger partial charge in [0.1, 0.15) is 11.5 Å². The highest BCUT2D eigenvalue weighted by Crippen LogP contribution is 2.24. The van der Waals surface area contributed by atoms with Crippen molar-refractivity contribution < 1.29 is 13.9 Å². The van der Waals surface area contributed by atoms with E-state index in [1.165, 1.54) is 49.7 Å². The van der Waals surface area contributed by atoms with Crippen molar-refractivity contribution in [1.82, 2.24) is 0 Å². The van der Waals surface area contributed by atoms with Crippen LogP contribution in [0, 0.1) is 6.92 Å². The number of carbonyl (C=O) groups excluding carboxylic acids is 1. The van der Waals surface area contributed by atoms with Crippen molar-refractivity contribution in [2.24, 2.45) is 4.99 Å². The molecule has 0 amide bonds. The number of hydrogen-bond acceptors (Lipinski definition) is 4. The number of aryl methyl sites for hydroxylation is 2. The first-order valence-electron chi connectivity index (χ1n) is 11.9. The van der Waals surface area contributed by atoms with Crippen LogP contribution in [0.1, 0.15) is 68.1 Å². The second kappa shape index (κ2) is 11.0. The maximum Gasteiger partial charge on any atom is 0.363 e. The van der Waals surface area contributed by atoms with Crippen LogP contribution in [-0.2, 0) is 16.0 Å². The predicted molar refractivity (Wildman–Crippen MR) is 133 cm³/mol.